The lowest BCUT2D eigenvalue weighted by Crippen LogP contribution is -2.12. The Morgan fingerprint density at radius 1 is 1.25 bits per heavy atom. The number of sulfone groups is 1. The first-order valence-electron chi connectivity index (χ1n) is 5.84. The van der Waals surface area contributed by atoms with E-state index in [-0.39, 0.29) is 11.5 Å². The quantitative estimate of drug-likeness (QED) is 0.638. The molecule has 0 atom stereocenters. The number of hydrogen-bond acceptors (Lipinski definition) is 6. The van der Waals surface area contributed by atoms with Crippen molar-refractivity contribution in [3.05, 3.63) is 48.2 Å². The second-order valence-corrected chi connectivity index (χ2v) is 6.20. The van der Waals surface area contributed by atoms with Crippen molar-refractivity contribution in [1.82, 2.24) is 4.98 Å². The SMILES string of the molecule is CS(=O)(=O)c1ccc(OCc2cccnc2NN)cc1. The van der Waals surface area contributed by atoms with Crippen LogP contribution in [0, 0.1) is 0 Å². The summed E-state index contributed by atoms with van der Waals surface area (Å²) in [4.78, 5) is 4.32. The average molecular weight is 293 g/mol. The van der Waals surface area contributed by atoms with Crippen molar-refractivity contribution in [2.45, 2.75) is 11.5 Å². The Labute approximate surface area is 117 Å². The lowest BCUT2D eigenvalue weighted by atomic mass is 10.2. The minimum Gasteiger partial charge on any atom is -0.489 e. The standard InChI is InChI=1S/C13H15N3O3S/c1-20(17,18)12-6-4-11(5-7-12)19-9-10-3-2-8-15-13(10)16-14/h2-8H,9,14H2,1H3,(H,15,16). The molecule has 0 bridgehead atoms. The van der Waals surface area contributed by atoms with Crippen molar-refractivity contribution in [2.24, 2.45) is 5.84 Å². The zero-order chi connectivity index (χ0) is 14.6. The van der Waals surface area contributed by atoms with E-state index in [1.54, 1.807) is 24.4 Å². The Bertz CT molecular complexity index is 684. The van der Waals surface area contributed by atoms with Crippen LogP contribution >= 0.6 is 0 Å². The maximum Gasteiger partial charge on any atom is 0.175 e. The fraction of sp³-hybridized carbons (Fsp3) is 0.154. The van der Waals surface area contributed by atoms with E-state index in [4.69, 9.17) is 10.6 Å². The molecule has 0 aliphatic carbocycles. The summed E-state index contributed by atoms with van der Waals surface area (Å²) in [6, 6.07) is 9.87. The first-order valence-corrected chi connectivity index (χ1v) is 7.73. The van der Waals surface area contributed by atoms with Crippen molar-refractivity contribution < 1.29 is 13.2 Å². The van der Waals surface area contributed by atoms with Gasteiger partial charge in [0, 0.05) is 18.0 Å². The average Bonchev–Trinajstić information content (AvgIpc) is 2.45. The first kappa shape index (κ1) is 14.3. The Hall–Kier alpha value is -2.12. The third-order valence-corrected chi connectivity index (χ3v) is 3.80. The Kier molecular flexibility index (Phi) is 4.21. The summed E-state index contributed by atoms with van der Waals surface area (Å²) in [6.45, 7) is 0.283. The van der Waals surface area contributed by atoms with Crippen LogP contribution in [0.3, 0.4) is 0 Å². The molecule has 1 aromatic heterocycles. The third-order valence-electron chi connectivity index (χ3n) is 2.67. The van der Waals surface area contributed by atoms with Gasteiger partial charge in [-0.05, 0) is 30.3 Å². The van der Waals surface area contributed by atoms with Crippen molar-refractivity contribution in [3.63, 3.8) is 0 Å². The van der Waals surface area contributed by atoms with Gasteiger partial charge in [0.2, 0.25) is 0 Å². The number of nitrogen functional groups attached to an aromatic ring is 1. The van der Waals surface area contributed by atoms with E-state index in [0.29, 0.717) is 11.6 Å². The van der Waals surface area contributed by atoms with Crippen LogP contribution in [0.5, 0.6) is 5.75 Å². The van der Waals surface area contributed by atoms with Crippen LogP contribution in [0.15, 0.2) is 47.5 Å². The van der Waals surface area contributed by atoms with Crippen LogP contribution in [0.4, 0.5) is 5.82 Å². The molecule has 0 radical (unpaired) electrons. The molecule has 0 unspecified atom stereocenters. The molecule has 1 heterocycles. The number of nitrogens with zero attached hydrogens (tertiary/aromatic N) is 1. The Morgan fingerprint density at radius 2 is 1.95 bits per heavy atom. The molecular weight excluding hydrogens is 278 g/mol. The van der Waals surface area contributed by atoms with Crippen molar-refractivity contribution in [1.29, 1.82) is 0 Å². The predicted octanol–water partition coefficient (Wildman–Crippen LogP) is 1.35. The van der Waals surface area contributed by atoms with Gasteiger partial charge in [-0.2, -0.15) is 0 Å². The van der Waals surface area contributed by atoms with Gasteiger partial charge in [0.15, 0.2) is 9.84 Å². The van der Waals surface area contributed by atoms with E-state index in [2.05, 4.69) is 10.4 Å². The van der Waals surface area contributed by atoms with Crippen molar-refractivity contribution in [2.75, 3.05) is 11.7 Å². The number of hydrogen-bond donors (Lipinski definition) is 2. The molecule has 1 aromatic carbocycles. The zero-order valence-corrected chi connectivity index (χ0v) is 11.7. The number of nitrogens with one attached hydrogen (secondary N) is 1. The van der Waals surface area contributed by atoms with Crippen molar-refractivity contribution >= 4 is 15.7 Å². The van der Waals surface area contributed by atoms with Gasteiger partial charge in [0.1, 0.15) is 18.2 Å². The summed E-state index contributed by atoms with van der Waals surface area (Å²) in [6.07, 6.45) is 2.79. The van der Waals surface area contributed by atoms with E-state index in [1.807, 2.05) is 6.07 Å². The van der Waals surface area contributed by atoms with Gasteiger partial charge in [-0.15, -0.1) is 0 Å². The number of hydrazine groups is 1. The molecule has 106 valence electrons. The van der Waals surface area contributed by atoms with Crippen LogP contribution in [0.1, 0.15) is 5.56 Å². The molecule has 2 aromatic rings. The predicted molar refractivity (Wildman–Crippen MR) is 75.9 cm³/mol. The van der Waals surface area contributed by atoms with Gasteiger partial charge in [-0.3, -0.25) is 0 Å². The summed E-state index contributed by atoms with van der Waals surface area (Å²) in [7, 11) is -3.19. The maximum atomic E-state index is 11.3. The molecule has 0 saturated heterocycles. The summed E-state index contributed by atoms with van der Waals surface area (Å²) in [5.74, 6) is 6.47. The molecule has 0 aliphatic heterocycles. The van der Waals surface area contributed by atoms with Crippen LogP contribution in [0.25, 0.3) is 0 Å². The number of nitrogens with two attached hydrogens (primary N) is 1. The van der Waals surface area contributed by atoms with Gasteiger partial charge in [-0.25, -0.2) is 19.2 Å². The molecule has 0 spiro atoms. The normalized spacial score (nSPS) is 11.1. The van der Waals surface area contributed by atoms with Crippen LogP contribution in [0.2, 0.25) is 0 Å². The zero-order valence-electron chi connectivity index (χ0n) is 10.9. The summed E-state index contributed by atoms with van der Waals surface area (Å²) in [5, 5.41) is 0. The van der Waals surface area contributed by atoms with E-state index in [0.717, 1.165) is 11.8 Å². The molecule has 0 saturated carbocycles. The minimum absolute atomic E-state index is 0.260. The van der Waals surface area contributed by atoms with E-state index in [1.165, 1.54) is 12.1 Å². The monoisotopic (exact) mass is 293 g/mol. The van der Waals surface area contributed by atoms with Gasteiger partial charge in [0.05, 0.1) is 4.90 Å². The van der Waals surface area contributed by atoms with Gasteiger partial charge in [0.25, 0.3) is 0 Å². The van der Waals surface area contributed by atoms with Crippen LogP contribution < -0.4 is 16.0 Å². The molecule has 0 amide bonds. The molecule has 3 N–H and O–H groups in total. The number of benzene rings is 1. The second kappa shape index (κ2) is 5.89. The molecule has 0 fully saturated rings. The van der Waals surface area contributed by atoms with Gasteiger partial charge >= 0.3 is 0 Å². The van der Waals surface area contributed by atoms with Crippen molar-refractivity contribution in [3.8, 4) is 5.75 Å². The van der Waals surface area contributed by atoms with E-state index in [9.17, 15) is 8.42 Å². The van der Waals surface area contributed by atoms with E-state index >= 15 is 0 Å². The first-order chi connectivity index (χ1) is 9.50. The van der Waals surface area contributed by atoms with Crippen LogP contribution in [-0.2, 0) is 16.4 Å². The number of anilines is 1. The molecule has 6 nitrogen and oxygen atoms in total. The third kappa shape index (κ3) is 3.46. The highest BCUT2D eigenvalue weighted by molar-refractivity contribution is 7.90. The molecule has 0 aliphatic rings. The fourth-order valence-electron chi connectivity index (χ4n) is 1.63. The lowest BCUT2D eigenvalue weighted by molar-refractivity contribution is 0.306. The molecule has 20 heavy (non-hydrogen) atoms. The highest BCUT2D eigenvalue weighted by Crippen LogP contribution is 2.18. The largest absolute Gasteiger partial charge is 0.489 e. The Balaban J connectivity index is 2.08. The lowest BCUT2D eigenvalue weighted by Gasteiger charge is -2.09. The minimum atomic E-state index is -3.19. The number of pyridine rings is 1. The highest BCUT2D eigenvalue weighted by atomic mass is 32.2. The highest BCUT2D eigenvalue weighted by Gasteiger charge is 2.07. The van der Waals surface area contributed by atoms with Gasteiger partial charge < -0.3 is 10.2 Å². The second-order valence-electron chi connectivity index (χ2n) is 4.19. The number of ether oxygens (including phenoxy) is 1. The molecule has 2 rings (SSSR count). The number of aromatic nitrogens is 1. The molecular formula is C13H15N3O3S. The van der Waals surface area contributed by atoms with E-state index < -0.39 is 9.84 Å². The Morgan fingerprint density at radius 3 is 2.55 bits per heavy atom. The smallest absolute Gasteiger partial charge is 0.175 e. The van der Waals surface area contributed by atoms with Crippen LogP contribution in [-0.4, -0.2) is 19.7 Å². The number of rotatable bonds is 5. The molecule has 7 heteroatoms. The maximum absolute atomic E-state index is 11.3. The topological polar surface area (TPSA) is 94.3 Å². The summed E-state index contributed by atoms with van der Waals surface area (Å²) < 4.78 is 28.2. The fourth-order valence-corrected chi connectivity index (χ4v) is 2.26. The summed E-state index contributed by atoms with van der Waals surface area (Å²) >= 11 is 0. The van der Waals surface area contributed by atoms with Gasteiger partial charge in [-0.1, -0.05) is 6.07 Å². The summed E-state index contributed by atoms with van der Waals surface area (Å²) in [5.41, 5.74) is 3.30.